The molecule has 6 nitrogen and oxygen atoms in total. The molecule has 0 bridgehead atoms. The predicted molar refractivity (Wildman–Crippen MR) is 110 cm³/mol. The quantitative estimate of drug-likeness (QED) is 0.288. The standard InChI is InChI=1S/C17H33N5O.HI/c1-14-6-3-11-22(12-14)17(19-2)20-8-5-10-21-9-4-7-15(13-21)16(18)23;/h14-15H,3-13H2,1-2H3,(H2,18,23)(H,19,20);1H. The number of primary amides is 1. The predicted octanol–water partition coefficient (Wildman–Crippen LogP) is 1.50. The fourth-order valence-corrected chi connectivity index (χ4v) is 3.71. The van der Waals surface area contributed by atoms with Crippen LogP contribution in [0.5, 0.6) is 0 Å². The van der Waals surface area contributed by atoms with Crippen LogP contribution in [0.3, 0.4) is 0 Å². The van der Waals surface area contributed by atoms with Gasteiger partial charge < -0.3 is 20.9 Å². The highest BCUT2D eigenvalue weighted by molar-refractivity contribution is 14.0. The van der Waals surface area contributed by atoms with Crippen LogP contribution in [0, 0.1) is 11.8 Å². The molecule has 2 aliphatic rings. The van der Waals surface area contributed by atoms with E-state index < -0.39 is 0 Å². The molecule has 2 heterocycles. The fourth-order valence-electron chi connectivity index (χ4n) is 3.71. The van der Waals surface area contributed by atoms with Crippen molar-refractivity contribution >= 4 is 35.8 Å². The van der Waals surface area contributed by atoms with Gasteiger partial charge in [0.1, 0.15) is 0 Å². The van der Waals surface area contributed by atoms with Gasteiger partial charge in [0, 0.05) is 33.2 Å². The molecule has 0 aromatic heterocycles. The van der Waals surface area contributed by atoms with E-state index in [0.29, 0.717) is 0 Å². The number of rotatable bonds is 5. The van der Waals surface area contributed by atoms with Crippen molar-refractivity contribution < 1.29 is 4.79 Å². The van der Waals surface area contributed by atoms with Gasteiger partial charge in [0.05, 0.1) is 5.92 Å². The molecule has 2 rings (SSSR count). The zero-order chi connectivity index (χ0) is 16.7. The lowest BCUT2D eigenvalue weighted by Gasteiger charge is -2.34. The number of carbonyl (C=O) groups is 1. The van der Waals surface area contributed by atoms with Crippen molar-refractivity contribution in [2.24, 2.45) is 22.6 Å². The SMILES string of the molecule is CN=C(NCCCN1CCCC(C(N)=O)C1)N1CCCC(C)C1.I. The molecule has 2 atom stereocenters. The highest BCUT2D eigenvalue weighted by atomic mass is 127. The Hall–Kier alpha value is -0.570. The number of guanidine groups is 1. The Labute approximate surface area is 163 Å². The van der Waals surface area contributed by atoms with E-state index in [4.69, 9.17) is 5.73 Å². The van der Waals surface area contributed by atoms with E-state index in [2.05, 4.69) is 27.0 Å². The number of nitrogens with one attached hydrogen (secondary N) is 1. The number of halogens is 1. The van der Waals surface area contributed by atoms with E-state index in [0.717, 1.165) is 70.4 Å². The topological polar surface area (TPSA) is 74.0 Å². The van der Waals surface area contributed by atoms with E-state index in [1.54, 1.807) is 0 Å². The van der Waals surface area contributed by atoms with Gasteiger partial charge in [0.15, 0.2) is 5.96 Å². The minimum atomic E-state index is -0.146. The van der Waals surface area contributed by atoms with E-state index in [-0.39, 0.29) is 35.8 Å². The van der Waals surface area contributed by atoms with Crippen molar-refractivity contribution in [1.29, 1.82) is 0 Å². The average Bonchev–Trinajstić information content (AvgIpc) is 2.55. The minimum absolute atomic E-state index is 0. The molecule has 2 unspecified atom stereocenters. The maximum absolute atomic E-state index is 11.3. The third-order valence-corrected chi connectivity index (χ3v) is 5.01. The number of likely N-dealkylation sites (tertiary alicyclic amines) is 2. The molecule has 140 valence electrons. The zero-order valence-electron chi connectivity index (χ0n) is 15.2. The maximum atomic E-state index is 11.3. The Morgan fingerprint density at radius 3 is 2.67 bits per heavy atom. The zero-order valence-corrected chi connectivity index (χ0v) is 17.5. The van der Waals surface area contributed by atoms with E-state index in [9.17, 15) is 4.79 Å². The molecule has 2 fully saturated rings. The summed E-state index contributed by atoms with van der Waals surface area (Å²) in [6.07, 6.45) is 5.67. The van der Waals surface area contributed by atoms with E-state index in [1.165, 1.54) is 12.8 Å². The van der Waals surface area contributed by atoms with Crippen molar-refractivity contribution in [3.05, 3.63) is 0 Å². The summed E-state index contributed by atoms with van der Waals surface area (Å²) < 4.78 is 0. The summed E-state index contributed by atoms with van der Waals surface area (Å²) in [4.78, 5) is 20.5. The Kier molecular flexibility index (Phi) is 9.95. The molecule has 0 radical (unpaired) electrons. The molecular formula is C17H34IN5O. The number of piperidine rings is 2. The minimum Gasteiger partial charge on any atom is -0.369 e. The number of nitrogens with two attached hydrogens (primary N) is 1. The number of hydrogen-bond acceptors (Lipinski definition) is 3. The fraction of sp³-hybridized carbons (Fsp3) is 0.882. The third-order valence-electron chi connectivity index (χ3n) is 5.01. The monoisotopic (exact) mass is 451 g/mol. The number of amides is 1. The van der Waals surface area contributed by atoms with Crippen LogP contribution in [0.1, 0.15) is 39.0 Å². The summed E-state index contributed by atoms with van der Waals surface area (Å²) >= 11 is 0. The van der Waals surface area contributed by atoms with Crippen molar-refractivity contribution in [1.82, 2.24) is 15.1 Å². The average molecular weight is 451 g/mol. The second kappa shape index (κ2) is 11.1. The van der Waals surface area contributed by atoms with Gasteiger partial charge in [-0.15, -0.1) is 24.0 Å². The molecule has 2 aliphatic heterocycles. The van der Waals surface area contributed by atoms with Crippen molar-refractivity contribution in [3.8, 4) is 0 Å². The second-order valence-corrected chi connectivity index (χ2v) is 7.06. The molecular weight excluding hydrogens is 417 g/mol. The van der Waals surface area contributed by atoms with Crippen LogP contribution in [0.4, 0.5) is 0 Å². The highest BCUT2D eigenvalue weighted by Gasteiger charge is 2.23. The molecule has 24 heavy (non-hydrogen) atoms. The van der Waals surface area contributed by atoms with Crippen LogP contribution in [-0.2, 0) is 4.79 Å². The molecule has 0 aliphatic carbocycles. The van der Waals surface area contributed by atoms with Gasteiger partial charge >= 0.3 is 0 Å². The Morgan fingerprint density at radius 2 is 2.00 bits per heavy atom. The maximum Gasteiger partial charge on any atom is 0.221 e. The highest BCUT2D eigenvalue weighted by Crippen LogP contribution is 2.16. The molecule has 0 saturated carbocycles. The van der Waals surface area contributed by atoms with Crippen LogP contribution < -0.4 is 11.1 Å². The van der Waals surface area contributed by atoms with Crippen LogP contribution in [-0.4, -0.2) is 68.0 Å². The number of hydrogen-bond donors (Lipinski definition) is 2. The summed E-state index contributed by atoms with van der Waals surface area (Å²) in [6, 6.07) is 0. The van der Waals surface area contributed by atoms with Gasteiger partial charge in [-0.1, -0.05) is 6.92 Å². The first kappa shape index (κ1) is 21.5. The summed E-state index contributed by atoms with van der Waals surface area (Å²) in [5.74, 6) is 1.68. The largest absolute Gasteiger partial charge is 0.369 e. The van der Waals surface area contributed by atoms with Crippen LogP contribution in [0.25, 0.3) is 0 Å². The van der Waals surface area contributed by atoms with Crippen LogP contribution in [0.15, 0.2) is 4.99 Å². The third kappa shape index (κ3) is 6.74. The Bertz CT molecular complexity index is 418. The Balaban J connectivity index is 0.00000288. The first-order valence-corrected chi connectivity index (χ1v) is 9.07. The number of aliphatic imine (C=N–C) groups is 1. The van der Waals surface area contributed by atoms with Gasteiger partial charge in [-0.2, -0.15) is 0 Å². The second-order valence-electron chi connectivity index (χ2n) is 7.06. The van der Waals surface area contributed by atoms with Crippen LogP contribution >= 0.6 is 24.0 Å². The van der Waals surface area contributed by atoms with Crippen molar-refractivity contribution in [2.45, 2.75) is 39.0 Å². The molecule has 7 heteroatoms. The molecule has 0 spiro atoms. The van der Waals surface area contributed by atoms with Crippen molar-refractivity contribution in [2.75, 3.05) is 46.3 Å². The molecule has 2 saturated heterocycles. The van der Waals surface area contributed by atoms with Gasteiger partial charge in [0.25, 0.3) is 0 Å². The number of nitrogens with zero attached hydrogens (tertiary/aromatic N) is 3. The van der Waals surface area contributed by atoms with Crippen molar-refractivity contribution in [3.63, 3.8) is 0 Å². The van der Waals surface area contributed by atoms with E-state index in [1.807, 2.05) is 7.05 Å². The molecule has 0 aromatic carbocycles. The molecule has 3 N–H and O–H groups in total. The van der Waals surface area contributed by atoms with E-state index >= 15 is 0 Å². The van der Waals surface area contributed by atoms with Crippen LogP contribution in [0.2, 0.25) is 0 Å². The van der Waals surface area contributed by atoms with Gasteiger partial charge in [-0.05, 0) is 51.1 Å². The summed E-state index contributed by atoms with van der Waals surface area (Å²) in [5, 5.41) is 3.49. The smallest absolute Gasteiger partial charge is 0.221 e. The summed E-state index contributed by atoms with van der Waals surface area (Å²) in [5.41, 5.74) is 5.44. The lowest BCUT2D eigenvalue weighted by atomic mass is 9.97. The normalized spacial score (nSPS) is 25.9. The molecule has 1 amide bonds. The lowest BCUT2D eigenvalue weighted by Crippen LogP contribution is -2.47. The first-order chi connectivity index (χ1) is 11.1. The first-order valence-electron chi connectivity index (χ1n) is 9.07. The van der Waals surface area contributed by atoms with Gasteiger partial charge in [-0.25, -0.2) is 0 Å². The number of carbonyl (C=O) groups excluding carboxylic acids is 1. The summed E-state index contributed by atoms with van der Waals surface area (Å²) in [6.45, 7) is 8.38. The van der Waals surface area contributed by atoms with Gasteiger partial charge in [-0.3, -0.25) is 9.79 Å². The summed E-state index contributed by atoms with van der Waals surface area (Å²) in [7, 11) is 1.86. The lowest BCUT2D eigenvalue weighted by molar-refractivity contribution is -0.123. The molecule has 0 aromatic rings. The van der Waals surface area contributed by atoms with Gasteiger partial charge in [0.2, 0.25) is 5.91 Å². The Morgan fingerprint density at radius 1 is 1.25 bits per heavy atom.